The van der Waals surface area contributed by atoms with Gasteiger partial charge in [-0.3, -0.25) is 0 Å². The molecule has 4 heteroatoms. The quantitative estimate of drug-likeness (QED) is 0.698. The number of fused-ring (bicyclic) bond motifs is 5. The largest absolute Gasteiger partial charge is 0.450 e. The third kappa shape index (κ3) is 1.45. The van der Waals surface area contributed by atoms with Crippen molar-refractivity contribution in [2.75, 3.05) is 6.61 Å². The maximum Gasteiger partial charge on any atom is 0.410 e. The van der Waals surface area contributed by atoms with Gasteiger partial charge < -0.3 is 9.64 Å². The predicted molar refractivity (Wildman–Crippen MR) is 61.0 cm³/mol. The van der Waals surface area contributed by atoms with Crippen LogP contribution in [-0.2, 0) is 4.74 Å². The monoisotopic (exact) mass is 234 g/mol. The highest BCUT2D eigenvalue weighted by Crippen LogP contribution is 2.55. The lowest BCUT2D eigenvalue weighted by Crippen LogP contribution is -2.47. The zero-order valence-corrected chi connectivity index (χ0v) is 10.1. The van der Waals surface area contributed by atoms with Crippen LogP contribution in [0.2, 0.25) is 0 Å². The van der Waals surface area contributed by atoms with Crippen molar-refractivity contribution in [3.63, 3.8) is 0 Å². The average molecular weight is 234 g/mol. The highest BCUT2D eigenvalue weighted by molar-refractivity contribution is 5.69. The van der Waals surface area contributed by atoms with Gasteiger partial charge in [-0.1, -0.05) is 0 Å². The summed E-state index contributed by atoms with van der Waals surface area (Å²) in [7, 11) is 0. The summed E-state index contributed by atoms with van der Waals surface area (Å²) >= 11 is 0. The topological polar surface area (TPSA) is 53.3 Å². The zero-order chi connectivity index (χ0) is 12.0. The van der Waals surface area contributed by atoms with E-state index in [1.807, 2.05) is 11.8 Å². The molecule has 0 spiro atoms. The minimum absolute atomic E-state index is 0.140. The molecule has 17 heavy (non-hydrogen) atoms. The second kappa shape index (κ2) is 3.90. The minimum Gasteiger partial charge on any atom is -0.450 e. The van der Waals surface area contributed by atoms with Crippen molar-refractivity contribution in [1.29, 1.82) is 5.26 Å². The van der Waals surface area contributed by atoms with E-state index in [4.69, 9.17) is 10.00 Å². The van der Waals surface area contributed by atoms with Gasteiger partial charge in [-0.2, -0.15) is 5.26 Å². The fourth-order valence-corrected chi connectivity index (χ4v) is 4.00. The van der Waals surface area contributed by atoms with Crippen LogP contribution in [0.1, 0.15) is 32.6 Å². The van der Waals surface area contributed by atoms with Crippen molar-refractivity contribution in [2.45, 2.75) is 44.7 Å². The lowest BCUT2D eigenvalue weighted by atomic mass is 9.71. The summed E-state index contributed by atoms with van der Waals surface area (Å²) in [5.74, 6) is 1.42. The van der Waals surface area contributed by atoms with Crippen LogP contribution in [0.15, 0.2) is 0 Å². The Morgan fingerprint density at radius 1 is 1.35 bits per heavy atom. The van der Waals surface area contributed by atoms with E-state index in [9.17, 15) is 4.79 Å². The fourth-order valence-electron chi connectivity index (χ4n) is 4.00. The van der Waals surface area contributed by atoms with Crippen LogP contribution >= 0.6 is 0 Å². The summed E-state index contributed by atoms with van der Waals surface area (Å²) < 4.78 is 5.16. The molecule has 1 amide bonds. The number of piperidine rings is 1. The van der Waals surface area contributed by atoms with Crippen molar-refractivity contribution in [3.8, 4) is 6.07 Å². The maximum absolute atomic E-state index is 12.0. The highest BCUT2D eigenvalue weighted by atomic mass is 16.6. The zero-order valence-electron chi connectivity index (χ0n) is 10.1. The summed E-state index contributed by atoms with van der Waals surface area (Å²) in [6.45, 7) is 2.28. The first-order valence-corrected chi connectivity index (χ1v) is 6.61. The molecular weight excluding hydrogens is 216 g/mol. The number of hydrogen-bond acceptors (Lipinski definition) is 3. The van der Waals surface area contributed by atoms with Gasteiger partial charge in [-0.05, 0) is 44.4 Å². The van der Waals surface area contributed by atoms with Gasteiger partial charge >= 0.3 is 6.09 Å². The van der Waals surface area contributed by atoms with Gasteiger partial charge in [0.2, 0.25) is 0 Å². The van der Waals surface area contributed by atoms with Crippen molar-refractivity contribution < 1.29 is 9.53 Å². The normalized spacial score (nSPS) is 42.4. The minimum atomic E-state index is -0.159. The van der Waals surface area contributed by atoms with Gasteiger partial charge in [0.25, 0.3) is 0 Å². The number of nitriles is 1. The van der Waals surface area contributed by atoms with Gasteiger partial charge in [0, 0.05) is 12.1 Å². The molecule has 0 aromatic carbocycles. The van der Waals surface area contributed by atoms with Crippen LogP contribution < -0.4 is 0 Å². The van der Waals surface area contributed by atoms with E-state index in [0.29, 0.717) is 18.4 Å². The van der Waals surface area contributed by atoms with Crippen LogP contribution in [0.3, 0.4) is 0 Å². The summed E-state index contributed by atoms with van der Waals surface area (Å²) in [6.07, 6.45) is 3.99. The van der Waals surface area contributed by atoms with E-state index in [1.165, 1.54) is 12.8 Å². The first-order valence-electron chi connectivity index (χ1n) is 6.61. The Kier molecular flexibility index (Phi) is 2.50. The Balaban J connectivity index is 1.83. The third-order valence-corrected chi connectivity index (χ3v) is 4.80. The van der Waals surface area contributed by atoms with E-state index < -0.39 is 0 Å². The molecule has 2 bridgehead atoms. The van der Waals surface area contributed by atoms with Gasteiger partial charge in [0.1, 0.15) is 0 Å². The number of ether oxygens (including phenoxy) is 1. The summed E-state index contributed by atoms with van der Waals surface area (Å²) in [5.41, 5.74) is 0. The molecule has 0 aromatic rings. The average Bonchev–Trinajstić information content (AvgIpc) is 2.39. The lowest BCUT2D eigenvalue weighted by molar-refractivity contribution is 0.0624. The number of rotatable bonds is 1. The molecule has 3 fully saturated rings. The van der Waals surface area contributed by atoms with Crippen LogP contribution in [0.4, 0.5) is 4.79 Å². The van der Waals surface area contributed by atoms with Crippen molar-refractivity contribution >= 4 is 6.09 Å². The maximum atomic E-state index is 12.0. The molecule has 0 aromatic heterocycles. The molecule has 1 aliphatic carbocycles. The van der Waals surface area contributed by atoms with Gasteiger partial charge in [0.05, 0.1) is 18.6 Å². The molecule has 0 radical (unpaired) electrons. The van der Waals surface area contributed by atoms with E-state index in [0.717, 1.165) is 12.8 Å². The Hall–Kier alpha value is -1.24. The molecule has 0 N–H and O–H groups in total. The van der Waals surface area contributed by atoms with Crippen LogP contribution in [0.25, 0.3) is 0 Å². The van der Waals surface area contributed by atoms with E-state index in [-0.39, 0.29) is 24.1 Å². The first kappa shape index (κ1) is 10.9. The van der Waals surface area contributed by atoms with Crippen molar-refractivity contribution in [1.82, 2.24) is 4.90 Å². The van der Waals surface area contributed by atoms with Gasteiger partial charge in [-0.25, -0.2) is 4.79 Å². The molecule has 2 saturated heterocycles. The molecule has 2 heterocycles. The van der Waals surface area contributed by atoms with Gasteiger partial charge in [0.15, 0.2) is 0 Å². The standard InChI is InChI=1S/C13H18N2O2/c1-2-17-13(16)15-11-5-8(7-14)6-12(15)10-4-3-9(10)11/h8-12H,2-6H2,1H3/t8?,9-,10?,11?,12?/m0/s1. The third-order valence-electron chi connectivity index (χ3n) is 4.80. The van der Waals surface area contributed by atoms with E-state index in [1.54, 1.807) is 0 Å². The smallest absolute Gasteiger partial charge is 0.410 e. The second-order valence-electron chi connectivity index (χ2n) is 5.44. The molecule has 3 aliphatic rings. The summed E-state index contributed by atoms with van der Waals surface area (Å²) in [6, 6.07) is 2.93. The Labute approximate surface area is 102 Å². The van der Waals surface area contributed by atoms with Crippen molar-refractivity contribution in [2.24, 2.45) is 17.8 Å². The van der Waals surface area contributed by atoms with Crippen LogP contribution in [0, 0.1) is 29.1 Å². The number of nitrogens with zero attached hydrogens (tertiary/aromatic N) is 2. The molecule has 4 nitrogen and oxygen atoms in total. The SMILES string of the molecule is CCOC(=O)N1C2CC(C#N)CC1[C@H]1CCC21. The number of amides is 1. The molecular formula is C13H18N2O2. The molecule has 1 saturated carbocycles. The lowest BCUT2D eigenvalue weighted by Gasteiger charge is -2.36. The van der Waals surface area contributed by atoms with Crippen molar-refractivity contribution in [3.05, 3.63) is 0 Å². The highest BCUT2D eigenvalue weighted by Gasteiger charge is 2.58. The molecule has 4 unspecified atom stereocenters. The summed E-state index contributed by atoms with van der Waals surface area (Å²) in [5, 5.41) is 9.09. The van der Waals surface area contributed by atoms with Crippen LogP contribution in [0.5, 0.6) is 0 Å². The number of carbonyl (C=O) groups is 1. The summed E-state index contributed by atoms with van der Waals surface area (Å²) in [4.78, 5) is 14.0. The fraction of sp³-hybridized carbons (Fsp3) is 0.846. The second-order valence-corrected chi connectivity index (χ2v) is 5.44. The number of carbonyl (C=O) groups excluding carboxylic acids is 1. The van der Waals surface area contributed by atoms with Crippen LogP contribution in [-0.4, -0.2) is 29.7 Å². The van der Waals surface area contributed by atoms with E-state index in [2.05, 4.69) is 6.07 Å². The molecule has 5 atom stereocenters. The van der Waals surface area contributed by atoms with E-state index >= 15 is 0 Å². The van der Waals surface area contributed by atoms with Gasteiger partial charge in [-0.15, -0.1) is 0 Å². The Morgan fingerprint density at radius 3 is 2.35 bits per heavy atom. The first-order chi connectivity index (χ1) is 8.26. The Morgan fingerprint density at radius 2 is 1.94 bits per heavy atom. The molecule has 3 rings (SSSR count). The predicted octanol–water partition coefficient (Wildman–Crippen LogP) is 2.16. The molecule has 92 valence electrons. The molecule has 2 aliphatic heterocycles. The number of hydrogen-bond donors (Lipinski definition) is 0. The Bertz CT molecular complexity index is 356.